The molecule has 88 valence electrons. The summed E-state index contributed by atoms with van der Waals surface area (Å²) in [4.78, 5) is 10.9. The summed E-state index contributed by atoms with van der Waals surface area (Å²) < 4.78 is 0. The van der Waals surface area contributed by atoms with Gasteiger partial charge < -0.3 is 10.8 Å². The summed E-state index contributed by atoms with van der Waals surface area (Å²) in [5, 5.41) is 8.97. The van der Waals surface area contributed by atoms with Gasteiger partial charge in [-0.2, -0.15) is 0 Å². The van der Waals surface area contributed by atoms with Crippen LogP contribution in [0.3, 0.4) is 0 Å². The van der Waals surface area contributed by atoms with Crippen LogP contribution in [0.2, 0.25) is 0 Å². The summed E-state index contributed by atoms with van der Waals surface area (Å²) in [5.74, 6) is -0.942. The Labute approximate surface area is 101 Å². The maximum Gasteiger partial charge on any atom is 0.336 e. The smallest absolute Gasteiger partial charge is 0.336 e. The molecule has 0 radical (unpaired) electrons. The van der Waals surface area contributed by atoms with Crippen molar-refractivity contribution < 1.29 is 9.90 Å². The monoisotopic (exact) mass is 241 g/mol. The normalized spacial score (nSPS) is 11.4. The second-order valence-corrected chi connectivity index (χ2v) is 3.66. The highest BCUT2D eigenvalue weighted by atomic mass is 35.5. The van der Waals surface area contributed by atoms with Crippen LogP contribution in [0.5, 0.6) is 0 Å². The minimum absolute atomic E-state index is 0. The number of carboxylic acid groups (broad SMARTS) is 1. The van der Waals surface area contributed by atoms with Crippen LogP contribution in [0.25, 0.3) is 0 Å². The van der Waals surface area contributed by atoms with Gasteiger partial charge in [0.25, 0.3) is 0 Å². The third-order valence-electron chi connectivity index (χ3n) is 2.16. The van der Waals surface area contributed by atoms with E-state index < -0.39 is 5.97 Å². The number of hydrogen-bond donors (Lipinski definition) is 2. The van der Waals surface area contributed by atoms with Crippen molar-refractivity contribution in [3.8, 4) is 0 Å². The third-order valence-corrected chi connectivity index (χ3v) is 2.16. The van der Waals surface area contributed by atoms with Gasteiger partial charge in [-0.1, -0.05) is 23.8 Å². The van der Waals surface area contributed by atoms with Crippen molar-refractivity contribution in [3.63, 3.8) is 0 Å². The van der Waals surface area contributed by atoms with Crippen LogP contribution in [0, 0.1) is 0 Å². The van der Waals surface area contributed by atoms with Crippen molar-refractivity contribution in [2.45, 2.75) is 19.4 Å². The Kier molecular flexibility index (Phi) is 5.78. The molecule has 0 aliphatic carbocycles. The summed E-state index contributed by atoms with van der Waals surface area (Å²) in [6.45, 7) is 5.65. The van der Waals surface area contributed by atoms with Crippen LogP contribution in [-0.4, -0.2) is 11.1 Å². The molecule has 0 spiro atoms. The topological polar surface area (TPSA) is 63.3 Å². The molecule has 1 aromatic rings. The van der Waals surface area contributed by atoms with Gasteiger partial charge in [-0.05, 0) is 25.0 Å². The van der Waals surface area contributed by atoms with Crippen LogP contribution >= 0.6 is 12.4 Å². The van der Waals surface area contributed by atoms with Gasteiger partial charge in [-0.25, -0.2) is 4.79 Å². The SMILES string of the molecule is C=C(C)C[C@H](N)c1ccccc1C(=O)O.Cl. The number of halogens is 1. The molecule has 0 heterocycles. The highest BCUT2D eigenvalue weighted by molar-refractivity contribution is 5.89. The first-order valence-electron chi connectivity index (χ1n) is 4.74. The first-order valence-corrected chi connectivity index (χ1v) is 4.74. The number of benzene rings is 1. The molecule has 1 aromatic carbocycles. The molecule has 0 aliphatic heterocycles. The van der Waals surface area contributed by atoms with E-state index in [1.165, 1.54) is 0 Å². The van der Waals surface area contributed by atoms with Gasteiger partial charge >= 0.3 is 5.97 Å². The average molecular weight is 242 g/mol. The summed E-state index contributed by atoms with van der Waals surface area (Å²) in [5.41, 5.74) is 7.79. The Morgan fingerprint density at radius 1 is 1.50 bits per heavy atom. The zero-order valence-electron chi connectivity index (χ0n) is 9.14. The lowest BCUT2D eigenvalue weighted by Gasteiger charge is -2.14. The van der Waals surface area contributed by atoms with Gasteiger partial charge in [0.2, 0.25) is 0 Å². The second kappa shape index (κ2) is 6.30. The lowest BCUT2D eigenvalue weighted by atomic mass is 9.96. The van der Waals surface area contributed by atoms with Crippen LogP contribution in [0.4, 0.5) is 0 Å². The van der Waals surface area contributed by atoms with Crippen LogP contribution in [0.1, 0.15) is 35.3 Å². The van der Waals surface area contributed by atoms with Gasteiger partial charge in [-0.15, -0.1) is 19.0 Å². The number of carbonyl (C=O) groups is 1. The standard InChI is InChI=1S/C12H15NO2.ClH/c1-8(2)7-11(13)9-5-3-4-6-10(9)12(14)15;/h3-6,11H,1,7,13H2,2H3,(H,14,15);1H/t11-;/m0./s1. The van der Waals surface area contributed by atoms with Crippen LogP contribution in [0.15, 0.2) is 36.4 Å². The van der Waals surface area contributed by atoms with E-state index >= 15 is 0 Å². The van der Waals surface area contributed by atoms with E-state index in [1.807, 2.05) is 6.92 Å². The molecule has 0 saturated carbocycles. The molecule has 16 heavy (non-hydrogen) atoms. The fourth-order valence-corrected chi connectivity index (χ4v) is 1.50. The minimum Gasteiger partial charge on any atom is -0.478 e. The highest BCUT2D eigenvalue weighted by Crippen LogP contribution is 2.21. The number of rotatable bonds is 4. The Hall–Kier alpha value is -1.32. The first-order chi connectivity index (χ1) is 7.02. The molecule has 1 rings (SSSR count). The van der Waals surface area contributed by atoms with Crippen LogP contribution < -0.4 is 5.73 Å². The molecule has 0 bridgehead atoms. The summed E-state index contributed by atoms with van der Waals surface area (Å²) in [6.07, 6.45) is 0.601. The molecule has 1 atom stereocenters. The Morgan fingerprint density at radius 2 is 2.06 bits per heavy atom. The molecule has 0 unspecified atom stereocenters. The van der Waals surface area contributed by atoms with Gasteiger partial charge in [0, 0.05) is 6.04 Å². The van der Waals surface area contributed by atoms with Gasteiger partial charge in [0.1, 0.15) is 0 Å². The number of hydrogen-bond acceptors (Lipinski definition) is 2. The molecule has 0 aliphatic rings. The largest absolute Gasteiger partial charge is 0.478 e. The molecule has 0 aromatic heterocycles. The van der Waals surface area contributed by atoms with E-state index in [1.54, 1.807) is 24.3 Å². The third kappa shape index (κ3) is 3.68. The van der Waals surface area contributed by atoms with Crippen molar-refractivity contribution in [1.29, 1.82) is 0 Å². The number of nitrogens with two attached hydrogens (primary N) is 1. The summed E-state index contributed by atoms with van der Waals surface area (Å²) >= 11 is 0. The first kappa shape index (κ1) is 14.7. The van der Waals surface area contributed by atoms with Crippen molar-refractivity contribution in [2.24, 2.45) is 5.73 Å². The summed E-state index contributed by atoms with van der Waals surface area (Å²) in [6, 6.07) is 6.50. The molecule has 3 nitrogen and oxygen atoms in total. The van der Waals surface area contributed by atoms with Gasteiger partial charge in [-0.3, -0.25) is 0 Å². The number of carboxylic acids is 1. The lowest BCUT2D eigenvalue weighted by Crippen LogP contribution is -2.15. The molecule has 0 amide bonds. The lowest BCUT2D eigenvalue weighted by molar-refractivity contribution is 0.0695. The predicted octanol–water partition coefficient (Wildman–Crippen LogP) is 2.77. The quantitative estimate of drug-likeness (QED) is 0.797. The maximum atomic E-state index is 10.9. The molecule has 3 N–H and O–H groups in total. The molecule has 0 saturated heterocycles. The molecular weight excluding hydrogens is 226 g/mol. The van der Waals surface area contributed by atoms with Gasteiger partial charge in [0.05, 0.1) is 5.56 Å². The highest BCUT2D eigenvalue weighted by Gasteiger charge is 2.14. The van der Waals surface area contributed by atoms with Crippen molar-refractivity contribution in [3.05, 3.63) is 47.5 Å². The van der Waals surface area contributed by atoms with E-state index in [0.717, 1.165) is 5.57 Å². The Balaban J connectivity index is 0.00000225. The number of aromatic carboxylic acids is 1. The summed E-state index contributed by atoms with van der Waals surface area (Å²) in [7, 11) is 0. The van der Waals surface area contributed by atoms with Crippen molar-refractivity contribution in [1.82, 2.24) is 0 Å². The van der Waals surface area contributed by atoms with E-state index in [2.05, 4.69) is 6.58 Å². The Bertz CT molecular complexity index is 390. The fourth-order valence-electron chi connectivity index (χ4n) is 1.50. The van der Waals surface area contributed by atoms with Crippen molar-refractivity contribution >= 4 is 18.4 Å². The predicted molar refractivity (Wildman–Crippen MR) is 67.0 cm³/mol. The zero-order valence-corrected chi connectivity index (χ0v) is 9.96. The van der Waals surface area contributed by atoms with E-state index in [9.17, 15) is 4.79 Å². The Morgan fingerprint density at radius 3 is 2.56 bits per heavy atom. The molecule has 0 fully saturated rings. The average Bonchev–Trinajstić information content (AvgIpc) is 2.16. The van der Waals surface area contributed by atoms with Crippen LogP contribution in [-0.2, 0) is 0 Å². The second-order valence-electron chi connectivity index (χ2n) is 3.66. The van der Waals surface area contributed by atoms with Gasteiger partial charge in [0.15, 0.2) is 0 Å². The van der Waals surface area contributed by atoms with Crippen molar-refractivity contribution in [2.75, 3.05) is 0 Å². The van der Waals surface area contributed by atoms with E-state index in [0.29, 0.717) is 12.0 Å². The van der Waals surface area contributed by atoms with E-state index in [4.69, 9.17) is 10.8 Å². The maximum absolute atomic E-state index is 10.9. The minimum atomic E-state index is -0.942. The molecule has 4 heteroatoms. The molecular formula is C12H16ClNO2. The zero-order chi connectivity index (χ0) is 11.4. The fraction of sp³-hybridized carbons (Fsp3) is 0.250. The van der Waals surface area contributed by atoms with E-state index in [-0.39, 0.29) is 24.0 Å².